The van der Waals surface area contributed by atoms with Gasteiger partial charge in [0.05, 0.1) is 35.6 Å². The molecule has 6 rings (SSSR count). The summed E-state index contributed by atoms with van der Waals surface area (Å²) in [6, 6.07) is 15.5. The third-order valence-corrected chi connectivity index (χ3v) is 10.1. The van der Waals surface area contributed by atoms with Crippen LogP contribution >= 0.6 is 0 Å². The number of para-hydroxylation sites is 1. The number of carbonyl (C=O) groups excluding carboxylic acids is 3. The minimum absolute atomic E-state index is 0.0738. The van der Waals surface area contributed by atoms with Crippen molar-refractivity contribution >= 4 is 28.8 Å². The van der Waals surface area contributed by atoms with Crippen LogP contribution in [0.1, 0.15) is 38.7 Å². The van der Waals surface area contributed by atoms with Gasteiger partial charge in [-0.15, -0.1) is 18.3 Å². The lowest BCUT2D eigenvalue weighted by Gasteiger charge is -2.39. The molecule has 2 bridgehead atoms. The Hall–Kier alpha value is -4.35. The number of likely N-dealkylation sites (tertiary alicyclic amines) is 1. The highest BCUT2D eigenvalue weighted by Gasteiger charge is 2.78. The SMILES string of the molecule is C=CCN(Cn1nnc2ccccc21)C(=O)C1N([C@@H](CC)CO)C(=O)[C@@H]2[C@@H](C(=O)N(CC=C)Cc3ccccc3)[C@@]3(C)CCC12O3. The van der Waals surface area contributed by atoms with Gasteiger partial charge in [-0.2, -0.15) is 0 Å². The molecule has 1 N–H and O–H groups in total. The molecule has 242 valence electrons. The molecular weight excluding hydrogens is 584 g/mol. The molecule has 11 nitrogen and oxygen atoms in total. The molecule has 6 atom stereocenters. The van der Waals surface area contributed by atoms with Crippen molar-refractivity contribution in [2.45, 2.75) is 69.6 Å². The summed E-state index contributed by atoms with van der Waals surface area (Å²) in [5.41, 5.74) is 0.245. The largest absolute Gasteiger partial charge is 0.394 e. The number of aliphatic hydroxyl groups is 1. The molecule has 1 aromatic heterocycles. The van der Waals surface area contributed by atoms with E-state index in [0.717, 1.165) is 11.1 Å². The van der Waals surface area contributed by atoms with Crippen LogP contribution in [0.4, 0.5) is 0 Å². The first-order chi connectivity index (χ1) is 22.2. The highest BCUT2D eigenvalue weighted by Crippen LogP contribution is 2.64. The van der Waals surface area contributed by atoms with Gasteiger partial charge in [0.2, 0.25) is 17.7 Å². The molecule has 2 unspecified atom stereocenters. The summed E-state index contributed by atoms with van der Waals surface area (Å²) >= 11 is 0. The summed E-state index contributed by atoms with van der Waals surface area (Å²) in [5, 5.41) is 19.0. The van der Waals surface area contributed by atoms with Crippen molar-refractivity contribution in [3.63, 3.8) is 0 Å². The summed E-state index contributed by atoms with van der Waals surface area (Å²) in [6.45, 7) is 12.1. The van der Waals surface area contributed by atoms with Gasteiger partial charge in [-0.3, -0.25) is 14.4 Å². The van der Waals surface area contributed by atoms with Crippen molar-refractivity contribution in [2.75, 3.05) is 19.7 Å². The normalized spacial score (nSPS) is 27.1. The molecule has 4 heterocycles. The number of ether oxygens (including phenoxy) is 1. The number of benzene rings is 2. The van der Waals surface area contributed by atoms with Gasteiger partial charge in [-0.25, -0.2) is 4.68 Å². The van der Waals surface area contributed by atoms with Crippen LogP contribution in [-0.4, -0.2) is 95.5 Å². The number of fused-ring (bicyclic) bond motifs is 2. The average molecular weight is 627 g/mol. The van der Waals surface area contributed by atoms with Gasteiger partial charge in [-0.05, 0) is 43.9 Å². The Labute approximate surface area is 269 Å². The quantitative estimate of drug-likeness (QED) is 0.290. The molecule has 0 radical (unpaired) electrons. The highest BCUT2D eigenvalue weighted by molar-refractivity contribution is 5.99. The van der Waals surface area contributed by atoms with E-state index in [2.05, 4.69) is 23.5 Å². The van der Waals surface area contributed by atoms with E-state index >= 15 is 0 Å². The van der Waals surface area contributed by atoms with Crippen LogP contribution in [0.25, 0.3) is 11.0 Å². The number of carbonyl (C=O) groups is 3. The van der Waals surface area contributed by atoms with Crippen molar-refractivity contribution in [2.24, 2.45) is 11.8 Å². The molecule has 3 aliphatic rings. The Morgan fingerprint density at radius 2 is 1.76 bits per heavy atom. The molecule has 3 aliphatic heterocycles. The lowest BCUT2D eigenvalue weighted by molar-refractivity contribution is -0.157. The fourth-order valence-electron chi connectivity index (χ4n) is 7.94. The fraction of sp³-hybridized carbons (Fsp3) is 0.457. The van der Waals surface area contributed by atoms with Gasteiger partial charge >= 0.3 is 0 Å². The van der Waals surface area contributed by atoms with Crippen LogP contribution in [0.3, 0.4) is 0 Å². The van der Waals surface area contributed by atoms with E-state index in [1.807, 2.05) is 68.4 Å². The number of aliphatic hydroxyl groups excluding tert-OH is 1. The fourth-order valence-corrected chi connectivity index (χ4v) is 7.94. The molecule has 1 spiro atoms. The van der Waals surface area contributed by atoms with Crippen molar-refractivity contribution in [1.82, 2.24) is 29.7 Å². The van der Waals surface area contributed by atoms with Gasteiger partial charge in [0.25, 0.3) is 0 Å². The first-order valence-electron chi connectivity index (χ1n) is 16.0. The van der Waals surface area contributed by atoms with Crippen LogP contribution < -0.4 is 0 Å². The van der Waals surface area contributed by atoms with E-state index in [9.17, 15) is 19.5 Å². The predicted octanol–water partition coefficient (Wildman–Crippen LogP) is 3.15. The summed E-state index contributed by atoms with van der Waals surface area (Å²) in [4.78, 5) is 48.8. The second-order valence-corrected chi connectivity index (χ2v) is 12.8. The maximum atomic E-state index is 14.8. The molecule has 2 aromatic carbocycles. The lowest BCUT2D eigenvalue weighted by Crippen LogP contribution is -2.59. The van der Waals surface area contributed by atoms with E-state index in [-0.39, 0.29) is 37.5 Å². The molecule has 3 aromatic rings. The molecule has 3 fully saturated rings. The molecule has 0 saturated carbocycles. The third kappa shape index (κ3) is 5.02. The summed E-state index contributed by atoms with van der Waals surface area (Å²) in [6.07, 6.45) is 4.70. The van der Waals surface area contributed by atoms with Crippen molar-refractivity contribution < 1.29 is 24.2 Å². The number of amides is 3. The standard InChI is InChI=1S/C35H42N6O5/c1-5-19-38(21-24-13-9-8-10-14-24)31(43)28-29-32(44)41(25(7-3)22-42)30(35(29)18-17-34(28,4)46-35)33(45)39(20-6-2)23-40-27-16-12-11-15-26(27)36-37-40/h5-6,8-16,25,28-30,42H,1-2,7,17-23H2,3-4H3/t25-,28-,29-,30?,34+,35?/m0/s1. The number of hydrogen-bond acceptors (Lipinski definition) is 7. The van der Waals surface area contributed by atoms with Crippen LogP contribution in [0.2, 0.25) is 0 Å². The maximum Gasteiger partial charge on any atom is 0.250 e. The average Bonchev–Trinajstić information content (AvgIpc) is 3.77. The lowest BCUT2D eigenvalue weighted by atomic mass is 9.66. The molecule has 0 aliphatic carbocycles. The zero-order chi connectivity index (χ0) is 32.6. The summed E-state index contributed by atoms with van der Waals surface area (Å²) in [7, 11) is 0. The third-order valence-electron chi connectivity index (χ3n) is 10.1. The highest BCUT2D eigenvalue weighted by atomic mass is 16.5. The number of nitrogens with zero attached hydrogens (tertiary/aromatic N) is 6. The minimum atomic E-state index is -1.23. The number of rotatable bonds is 13. The maximum absolute atomic E-state index is 14.8. The van der Waals surface area contributed by atoms with Gasteiger partial charge in [-0.1, -0.05) is 66.8 Å². The van der Waals surface area contributed by atoms with Crippen LogP contribution in [0, 0.1) is 11.8 Å². The number of hydrogen-bond donors (Lipinski definition) is 1. The minimum Gasteiger partial charge on any atom is -0.394 e. The molecule has 46 heavy (non-hydrogen) atoms. The van der Waals surface area contributed by atoms with E-state index in [1.165, 1.54) is 4.90 Å². The first-order valence-corrected chi connectivity index (χ1v) is 16.0. The van der Waals surface area contributed by atoms with Gasteiger partial charge in [0.15, 0.2) is 0 Å². The Bertz CT molecular complexity index is 1640. The second kappa shape index (κ2) is 12.4. The molecule has 3 saturated heterocycles. The van der Waals surface area contributed by atoms with E-state index < -0.39 is 35.1 Å². The van der Waals surface area contributed by atoms with Gasteiger partial charge < -0.3 is 24.5 Å². The monoisotopic (exact) mass is 626 g/mol. The van der Waals surface area contributed by atoms with Gasteiger partial charge in [0, 0.05) is 19.6 Å². The van der Waals surface area contributed by atoms with E-state index in [1.54, 1.807) is 26.6 Å². The van der Waals surface area contributed by atoms with Crippen LogP contribution in [-0.2, 0) is 32.3 Å². The van der Waals surface area contributed by atoms with Crippen LogP contribution in [0.5, 0.6) is 0 Å². The topological polar surface area (TPSA) is 121 Å². The van der Waals surface area contributed by atoms with E-state index in [4.69, 9.17) is 4.74 Å². The second-order valence-electron chi connectivity index (χ2n) is 12.8. The zero-order valence-electron chi connectivity index (χ0n) is 26.5. The van der Waals surface area contributed by atoms with Crippen molar-refractivity contribution in [1.29, 1.82) is 0 Å². The Morgan fingerprint density at radius 1 is 1.07 bits per heavy atom. The van der Waals surface area contributed by atoms with Crippen molar-refractivity contribution in [3.8, 4) is 0 Å². The Kier molecular flexibility index (Phi) is 8.56. The summed E-state index contributed by atoms with van der Waals surface area (Å²) < 4.78 is 8.51. The van der Waals surface area contributed by atoms with Crippen molar-refractivity contribution in [3.05, 3.63) is 85.5 Å². The number of aromatic nitrogens is 3. The smallest absolute Gasteiger partial charge is 0.250 e. The van der Waals surface area contributed by atoms with Gasteiger partial charge in [0.1, 0.15) is 23.8 Å². The molecule has 11 heteroatoms. The van der Waals surface area contributed by atoms with Crippen LogP contribution in [0.15, 0.2) is 79.9 Å². The Morgan fingerprint density at radius 3 is 2.46 bits per heavy atom. The molecule has 3 amide bonds. The van der Waals surface area contributed by atoms with E-state index in [0.29, 0.717) is 37.9 Å². The summed E-state index contributed by atoms with van der Waals surface area (Å²) in [5.74, 6) is -2.56. The Balaban J connectivity index is 1.39. The zero-order valence-corrected chi connectivity index (χ0v) is 26.5. The first kappa shape index (κ1) is 31.6. The predicted molar refractivity (Wildman–Crippen MR) is 172 cm³/mol. The molecular formula is C35H42N6O5.